The minimum Gasteiger partial charge on any atom is -0.294 e. The molecule has 1 aliphatic rings. The van der Waals surface area contributed by atoms with E-state index < -0.39 is 0 Å². The summed E-state index contributed by atoms with van der Waals surface area (Å²) < 4.78 is 0. The van der Waals surface area contributed by atoms with Crippen LogP contribution in [0.5, 0.6) is 0 Å². The van der Waals surface area contributed by atoms with Gasteiger partial charge in [0.2, 0.25) is 0 Å². The number of carbonyl (C=O) groups is 1. The lowest BCUT2D eigenvalue weighted by atomic mass is 9.95. The number of ketones is 1. The molecule has 1 nitrogen and oxygen atoms in total. The number of benzene rings is 1. The van der Waals surface area contributed by atoms with Gasteiger partial charge in [0.05, 0.1) is 0 Å². The van der Waals surface area contributed by atoms with Gasteiger partial charge in [-0.25, -0.2) is 0 Å². The van der Waals surface area contributed by atoms with Gasteiger partial charge in [-0.2, -0.15) is 0 Å². The van der Waals surface area contributed by atoms with Crippen LogP contribution in [-0.4, -0.2) is 5.78 Å². The van der Waals surface area contributed by atoms with E-state index in [-0.39, 0.29) is 0 Å². The Morgan fingerprint density at radius 2 is 1.94 bits per heavy atom. The average molecular weight is 216 g/mol. The third kappa shape index (κ3) is 2.52. The van der Waals surface area contributed by atoms with Gasteiger partial charge >= 0.3 is 0 Å². The summed E-state index contributed by atoms with van der Waals surface area (Å²) >= 11 is 0. The predicted octanol–water partition coefficient (Wildman–Crippen LogP) is 3.79. The predicted molar refractivity (Wildman–Crippen MR) is 66.9 cm³/mol. The van der Waals surface area contributed by atoms with Crippen LogP contribution in [0.2, 0.25) is 0 Å². The molecule has 1 aromatic carbocycles. The molecule has 0 aromatic heterocycles. The summed E-state index contributed by atoms with van der Waals surface area (Å²) in [5.74, 6) is 1.02. The van der Waals surface area contributed by atoms with Crippen LogP contribution < -0.4 is 0 Å². The fraction of sp³-hybridized carbons (Fsp3) is 0.533. The van der Waals surface area contributed by atoms with Crippen molar-refractivity contribution in [2.45, 2.75) is 46.0 Å². The molecule has 1 aromatic rings. The number of rotatable bonds is 2. The Morgan fingerprint density at radius 1 is 1.19 bits per heavy atom. The van der Waals surface area contributed by atoms with Crippen LogP contribution in [0.15, 0.2) is 18.2 Å². The fourth-order valence-electron chi connectivity index (χ4n) is 2.46. The van der Waals surface area contributed by atoms with Gasteiger partial charge in [-0.05, 0) is 42.7 Å². The Balaban J connectivity index is 2.30. The molecule has 1 aliphatic carbocycles. The molecule has 16 heavy (non-hydrogen) atoms. The number of fused-ring (bicyclic) bond motifs is 1. The van der Waals surface area contributed by atoms with Crippen LogP contribution in [0.1, 0.15) is 54.6 Å². The fourth-order valence-corrected chi connectivity index (χ4v) is 2.46. The second-order valence-electron chi connectivity index (χ2n) is 5.22. The largest absolute Gasteiger partial charge is 0.294 e. The van der Waals surface area contributed by atoms with Crippen molar-refractivity contribution in [1.29, 1.82) is 0 Å². The highest BCUT2D eigenvalue weighted by atomic mass is 16.1. The summed E-state index contributed by atoms with van der Waals surface area (Å²) in [5.41, 5.74) is 3.63. The van der Waals surface area contributed by atoms with E-state index in [0.29, 0.717) is 11.7 Å². The zero-order valence-corrected chi connectivity index (χ0v) is 10.3. The van der Waals surface area contributed by atoms with Gasteiger partial charge in [0.1, 0.15) is 0 Å². The molecule has 0 fully saturated rings. The monoisotopic (exact) mass is 216 g/mol. The molecule has 1 heteroatoms. The van der Waals surface area contributed by atoms with E-state index in [1.807, 2.05) is 6.07 Å². The summed E-state index contributed by atoms with van der Waals surface area (Å²) in [6.07, 6.45) is 5.13. The van der Waals surface area contributed by atoms with Crippen LogP contribution in [-0.2, 0) is 12.8 Å². The Kier molecular flexibility index (Phi) is 3.42. The quantitative estimate of drug-likeness (QED) is 0.687. The molecule has 0 atom stereocenters. The van der Waals surface area contributed by atoms with Crippen molar-refractivity contribution < 1.29 is 4.79 Å². The van der Waals surface area contributed by atoms with Crippen molar-refractivity contribution in [2.24, 2.45) is 5.92 Å². The Labute approximate surface area is 97.9 Å². The van der Waals surface area contributed by atoms with Crippen molar-refractivity contribution in [2.75, 3.05) is 0 Å². The molecule has 0 saturated heterocycles. The van der Waals surface area contributed by atoms with Gasteiger partial charge in [0.15, 0.2) is 5.78 Å². The van der Waals surface area contributed by atoms with Crippen molar-refractivity contribution in [1.82, 2.24) is 0 Å². The molecule has 0 N–H and O–H groups in total. The molecule has 0 amide bonds. The zero-order chi connectivity index (χ0) is 11.5. The number of aryl methyl sites for hydroxylation is 1. The van der Waals surface area contributed by atoms with Crippen molar-refractivity contribution in [3.8, 4) is 0 Å². The standard InChI is InChI=1S/C15H20O/c1-11(2)9-12-7-8-14-13(10-12)5-3-4-6-15(14)16/h7-8,10-11H,3-6,9H2,1-2H3. The lowest BCUT2D eigenvalue weighted by Gasteiger charge is -2.09. The molecule has 86 valence electrons. The molecular weight excluding hydrogens is 196 g/mol. The maximum absolute atomic E-state index is 11.8. The summed E-state index contributed by atoms with van der Waals surface area (Å²) in [5, 5.41) is 0. The second kappa shape index (κ2) is 4.82. The maximum Gasteiger partial charge on any atom is 0.163 e. The molecule has 0 radical (unpaired) electrons. The lowest BCUT2D eigenvalue weighted by molar-refractivity contribution is 0.0982. The van der Waals surface area contributed by atoms with Crippen LogP contribution in [0, 0.1) is 5.92 Å². The number of Topliss-reactive ketones (excluding diaryl/α,β-unsaturated/α-hetero) is 1. The first-order valence-corrected chi connectivity index (χ1v) is 6.32. The second-order valence-corrected chi connectivity index (χ2v) is 5.22. The number of carbonyl (C=O) groups excluding carboxylic acids is 1. The van der Waals surface area contributed by atoms with Crippen molar-refractivity contribution in [3.05, 3.63) is 34.9 Å². The third-order valence-electron chi connectivity index (χ3n) is 3.21. The minimum absolute atomic E-state index is 0.337. The van der Waals surface area contributed by atoms with Gasteiger partial charge in [-0.15, -0.1) is 0 Å². The zero-order valence-electron chi connectivity index (χ0n) is 10.3. The van der Waals surface area contributed by atoms with Crippen molar-refractivity contribution >= 4 is 5.78 Å². The van der Waals surface area contributed by atoms with Gasteiger partial charge in [0, 0.05) is 12.0 Å². The van der Waals surface area contributed by atoms with Crippen LogP contribution >= 0.6 is 0 Å². The number of hydrogen-bond donors (Lipinski definition) is 0. The first-order chi connectivity index (χ1) is 7.66. The molecule has 0 aliphatic heterocycles. The molecule has 2 rings (SSSR count). The molecule has 0 saturated carbocycles. The highest BCUT2D eigenvalue weighted by Gasteiger charge is 2.15. The van der Waals surface area contributed by atoms with Crippen LogP contribution in [0.4, 0.5) is 0 Å². The van der Waals surface area contributed by atoms with E-state index in [4.69, 9.17) is 0 Å². The average Bonchev–Trinajstić information content (AvgIpc) is 2.40. The summed E-state index contributed by atoms with van der Waals surface area (Å²) in [6, 6.07) is 6.42. The van der Waals surface area contributed by atoms with Crippen LogP contribution in [0.25, 0.3) is 0 Å². The topological polar surface area (TPSA) is 17.1 Å². The van der Waals surface area contributed by atoms with E-state index in [1.54, 1.807) is 0 Å². The maximum atomic E-state index is 11.8. The van der Waals surface area contributed by atoms with E-state index in [1.165, 1.54) is 11.1 Å². The van der Waals surface area contributed by atoms with Crippen LogP contribution in [0.3, 0.4) is 0 Å². The normalized spacial score (nSPS) is 16.1. The smallest absolute Gasteiger partial charge is 0.163 e. The summed E-state index contributed by atoms with van der Waals surface area (Å²) in [4.78, 5) is 11.8. The Morgan fingerprint density at radius 3 is 2.69 bits per heavy atom. The summed E-state index contributed by atoms with van der Waals surface area (Å²) in [7, 11) is 0. The molecule has 0 unspecified atom stereocenters. The van der Waals surface area contributed by atoms with Gasteiger partial charge in [-0.3, -0.25) is 4.79 Å². The first kappa shape index (κ1) is 11.4. The summed E-state index contributed by atoms with van der Waals surface area (Å²) in [6.45, 7) is 4.47. The van der Waals surface area contributed by atoms with E-state index in [0.717, 1.165) is 37.7 Å². The Bertz CT molecular complexity index is 390. The minimum atomic E-state index is 0.337. The third-order valence-corrected chi connectivity index (χ3v) is 3.21. The van der Waals surface area contributed by atoms with E-state index in [9.17, 15) is 4.79 Å². The van der Waals surface area contributed by atoms with Gasteiger partial charge < -0.3 is 0 Å². The Hall–Kier alpha value is -1.11. The lowest BCUT2D eigenvalue weighted by Crippen LogP contribution is -2.02. The first-order valence-electron chi connectivity index (χ1n) is 6.32. The van der Waals surface area contributed by atoms with Crippen molar-refractivity contribution in [3.63, 3.8) is 0 Å². The molecule has 0 spiro atoms. The molecular formula is C15H20O. The van der Waals surface area contributed by atoms with Gasteiger partial charge in [0.25, 0.3) is 0 Å². The molecule has 0 heterocycles. The number of hydrogen-bond acceptors (Lipinski definition) is 1. The SMILES string of the molecule is CC(C)Cc1ccc2c(c1)CCCCC2=O. The van der Waals surface area contributed by atoms with E-state index >= 15 is 0 Å². The highest BCUT2D eigenvalue weighted by Crippen LogP contribution is 2.22. The van der Waals surface area contributed by atoms with E-state index in [2.05, 4.69) is 26.0 Å². The van der Waals surface area contributed by atoms with Gasteiger partial charge in [-0.1, -0.05) is 32.0 Å². The molecule has 0 bridgehead atoms. The highest BCUT2D eigenvalue weighted by molar-refractivity contribution is 5.97.